The lowest BCUT2D eigenvalue weighted by molar-refractivity contribution is -0.182. The van der Waals surface area contributed by atoms with Crippen LogP contribution in [0.4, 0.5) is 0 Å². The Kier molecular flexibility index (Phi) is 5.18. The predicted molar refractivity (Wildman–Crippen MR) is 52.8 cm³/mol. The van der Waals surface area contributed by atoms with Gasteiger partial charge in [-0.05, 0) is 18.2 Å². The molecule has 6 nitrogen and oxygen atoms in total. The molecule has 0 amide bonds. The largest absolute Gasteiger partial charge is 0.372 e. The summed E-state index contributed by atoms with van der Waals surface area (Å²) in [6.07, 6.45) is 0. The molecule has 0 unspecified atom stereocenters. The third-order valence-electron chi connectivity index (χ3n) is 1.45. The number of carbonyl (C=O) groups is 1. The van der Waals surface area contributed by atoms with Gasteiger partial charge in [-0.25, -0.2) is 4.79 Å². The zero-order chi connectivity index (χ0) is 10.8. The van der Waals surface area contributed by atoms with Gasteiger partial charge in [0.25, 0.3) is 10.1 Å². The highest BCUT2D eigenvalue weighted by atomic mass is 32.2. The van der Waals surface area contributed by atoms with Crippen molar-refractivity contribution in [1.29, 1.82) is 0 Å². The molecule has 0 heterocycles. The van der Waals surface area contributed by atoms with Crippen LogP contribution in [0.1, 0.15) is 10.4 Å². The van der Waals surface area contributed by atoms with Crippen molar-refractivity contribution < 1.29 is 27.9 Å². The van der Waals surface area contributed by atoms with Crippen LogP contribution in [0.5, 0.6) is 0 Å². The summed E-state index contributed by atoms with van der Waals surface area (Å²) in [6.45, 7) is 0. The summed E-state index contributed by atoms with van der Waals surface area (Å²) in [5.41, 5.74) is -0.178. The minimum absolute atomic E-state index is 0. The van der Waals surface area contributed by atoms with Crippen LogP contribution < -0.4 is 0 Å². The van der Waals surface area contributed by atoms with Crippen molar-refractivity contribution in [2.45, 2.75) is 4.90 Å². The van der Waals surface area contributed by atoms with Gasteiger partial charge in [0, 0.05) is 0 Å². The van der Waals surface area contributed by atoms with Crippen molar-refractivity contribution >= 4 is 39.1 Å². The number of carbonyl (C=O) groups excluding carboxylic acids is 1. The lowest BCUT2D eigenvalue weighted by atomic mass is 10.2. The lowest BCUT2D eigenvalue weighted by Gasteiger charge is -1.99. The van der Waals surface area contributed by atoms with Crippen molar-refractivity contribution in [1.82, 2.24) is 0 Å². The molecule has 0 spiro atoms. The molecular weight excluding hydrogens is 236 g/mol. The fourth-order valence-corrected chi connectivity index (χ4v) is 1.36. The Bertz CT molecular complexity index is 454. The van der Waals surface area contributed by atoms with Crippen LogP contribution in [0.15, 0.2) is 29.2 Å². The Hall–Kier alpha value is -0.674. The minimum atomic E-state index is -4.36. The van der Waals surface area contributed by atoms with Crippen LogP contribution in [0.2, 0.25) is 0 Å². The van der Waals surface area contributed by atoms with Crippen molar-refractivity contribution in [2.24, 2.45) is 0 Å². The quantitative estimate of drug-likeness (QED) is 0.319. The summed E-state index contributed by atoms with van der Waals surface area (Å²) in [5.74, 6) is -1.10. The van der Waals surface area contributed by atoms with E-state index in [0.717, 1.165) is 12.1 Å². The minimum Gasteiger partial charge on any atom is -0.296 e. The van der Waals surface area contributed by atoms with E-state index >= 15 is 0 Å². The zero-order valence-corrected chi connectivity index (χ0v) is 7.56. The number of rotatable bonds is 2. The van der Waals surface area contributed by atoms with E-state index in [-0.39, 0.29) is 28.6 Å². The molecular formula is C7H8MgO6S. The molecule has 0 saturated heterocycles. The molecule has 1 aromatic carbocycles. The summed E-state index contributed by atoms with van der Waals surface area (Å²) in [7, 11) is -4.36. The smallest absolute Gasteiger partial charge is 0.296 e. The summed E-state index contributed by atoms with van der Waals surface area (Å²) in [4.78, 5) is 13.7. The topological polar surface area (TPSA) is 101 Å². The van der Waals surface area contributed by atoms with Crippen molar-refractivity contribution in [2.75, 3.05) is 0 Å². The summed E-state index contributed by atoms with van der Waals surface area (Å²) < 4.78 is 29.9. The first-order chi connectivity index (χ1) is 6.45. The zero-order valence-electron chi connectivity index (χ0n) is 6.75. The Morgan fingerprint density at radius 2 is 1.93 bits per heavy atom. The molecule has 0 aliphatic heterocycles. The average Bonchev–Trinajstić information content (AvgIpc) is 2.15. The van der Waals surface area contributed by atoms with E-state index in [0.29, 0.717) is 0 Å². The van der Waals surface area contributed by atoms with E-state index < -0.39 is 21.0 Å². The third kappa shape index (κ3) is 3.76. The lowest BCUT2D eigenvalue weighted by Crippen LogP contribution is -2.04. The standard InChI is InChI=1S/C7H6O6S.Mg.2H/c8-7(13-9)5-2-1-3-6(4-5)14(10,11)12;;;/h1-4,9H,(H,10,11,12);;;. The van der Waals surface area contributed by atoms with Crippen LogP contribution in [0.3, 0.4) is 0 Å². The molecule has 1 aromatic rings. The second-order valence-electron chi connectivity index (χ2n) is 2.38. The van der Waals surface area contributed by atoms with Crippen LogP contribution in [0, 0.1) is 0 Å². The molecule has 0 fully saturated rings. The SMILES string of the molecule is O=C(OO)c1cccc(S(=O)(=O)O)c1.[MgH2]. The molecule has 0 aliphatic rings. The van der Waals surface area contributed by atoms with E-state index in [1.807, 2.05) is 0 Å². The van der Waals surface area contributed by atoms with Gasteiger partial charge in [0.2, 0.25) is 0 Å². The van der Waals surface area contributed by atoms with Crippen LogP contribution in [-0.4, -0.2) is 47.2 Å². The summed E-state index contributed by atoms with van der Waals surface area (Å²) in [5, 5.41) is 8.02. The molecule has 2 N–H and O–H groups in total. The normalized spacial score (nSPS) is 10.3. The molecule has 0 radical (unpaired) electrons. The van der Waals surface area contributed by atoms with Crippen LogP contribution >= 0.6 is 0 Å². The number of hydrogen-bond donors (Lipinski definition) is 2. The molecule has 0 bridgehead atoms. The average molecular weight is 245 g/mol. The Morgan fingerprint density at radius 3 is 2.40 bits per heavy atom. The first-order valence-corrected chi connectivity index (χ1v) is 4.82. The maximum absolute atomic E-state index is 10.7. The molecule has 0 aliphatic carbocycles. The molecule has 15 heavy (non-hydrogen) atoms. The fraction of sp³-hybridized carbons (Fsp3) is 0. The van der Waals surface area contributed by atoms with Crippen LogP contribution in [0.25, 0.3) is 0 Å². The van der Waals surface area contributed by atoms with E-state index in [2.05, 4.69) is 4.89 Å². The molecule has 0 atom stereocenters. The first-order valence-electron chi connectivity index (χ1n) is 3.38. The fourth-order valence-electron chi connectivity index (χ4n) is 0.836. The van der Waals surface area contributed by atoms with Crippen molar-refractivity contribution in [3.63, 3.8) is 0 Å². The highest BCUT2D eigenvalue weighted by molar-refractivity contribution is 7.85. The van der Waals surface area contributed by atoms with E-state index in [9.17, 15) is 13.2 Å². The summed E-state index contributed by atoms with van der Waals surface area (Å²) in [6, 6.07) is 4.44. The second-order valence-corrected chi connectivity index (χ2v) is 3.80. The molecule has 0 saturated carbocycles. The second kappa shape index (κ2) is 5.42. The highest BCUT2D eigenvalue weighted by Crippen LogP contribution is 2.11. The van der Waals surface area contributed by atoms with Crippen molar-refractivity contribution in [3.05, 3.63) is 29.8 Å². The Balaban J connectivity index is 0.00000196. The number of benzene rings is 1. The van der Waals surface area contributed by atoms with Gasteiger partial charge in [0.1, 0.15) is 0 Å². The van der Waals surface area contributed by atoms with E-state index in [1.165, 1.54) is 12.1 Å². The Morgan fingerprint density at radius 1 is 1.33 bits per heavy atom. The third-order valence-corrected chi connectivity index (χ3v) is 2.30. The van der Waals surface area contributed by atoms with Gasteiger partial charge in [-0.1, -0.05) is 6.07 Å². The molecule has 0 aromatic heterocycles. The molecule has 8 heteroatoms. The van der Waals surface area contributed by atoms with E-state index in [4.69, 9.17) is 9.81 Å². The van der Waals surface area contributed by atoms with Gasteiger partial charge in [0.05, 0.1) is 10.5 Å². The van der Waals surface area contributed by atoms with Gasteiger partial charge in [-0.2, -0.15) is 13.7 Å². The van der Waals surface area contributed by atoms with Crippen LogP contribution in [-0.2, 0) is 15.0 Å². The molecule has 80 valence electrons. The summed E-state index contributed by atoms with van der Waals surface area (Å²) >= 11 is 0. The predicted octanol–water partition coefficient (Wildman–Crippen LogP) is -0.353. The van der Waals surface area contributed by atoms with Gasteiger partial charge >= 0.3 is 29.0 Å². The van der Waals surface area contributed by atoms with Gasteiger partial charge in [-0.15, -0.1) is 0 Å². The van der Waals surface area contributed by atoms with Gasteiger partial charge < -0.3 is 0 Å². The van der Waals surface area contributed by atoms with Gasteiger partial charge in [0.15, 0.2) is 0 Å². The first kappa shape index (κ1) is 14.3. The van der Waals surface area contributed by atoms with Gasteiger partial charge in [-0.3, -0.25) is 9.44 Å². The Labute approximate surface area is 102 Å². The van der Waals surface area contributed by atoms with E-state index in [1.54, 1.807) is 0 Å². The maximum Gasteiger partial charge on any atom is 0.372 e. The number of hydrogen-bond acceptors (Lipinski definition) is 5. The maximum atomic E-state index is 10.7. The monoisotopic (exact) mass is 244 g/mol. The van der Waals surface area contributed by atoms with Crippen molar-refractivity contribution in [3.8, 4) is 0 Å². The highest BCUT2D eigenvalue weighted by Gasteiger charge is 2.13. The molecule has 1 rings (SSSR count).